The van der Waals surface area contributed by atoms with Gasteiger partial charge in [0.2, 0.25) is 0 Å². The van der Waals surface area contributed by atoms with Crippen molar-refractivity contribution in [2.45, 2.75) is 97.0 Å². The molecule has 5 heteroatoms. The minimum absolute atomic E-state index is 0.0309. The Labute approximate surface area is 233 Å². The molecule has 1 aromatic heterocycles. The molecular weight excluding hydrogens is 494 g/mol. The molecule has 0 radical (unpaired) electrons. The summed E-state index contributed by atoms with van der Waals surface area (Å²) in [6.45, 7) is 7.82. The van der Waals surface area contributed by atoms with Crippen molar-refractivity contribution >= 4 is 17.4 Å². The normalized spacial score (nSPS) is 16.0. The molecule has 1 unspecified atom stereocenters. The van der Waals surface area contributed by atoms with E-state index in [-0.39, 0.29) is 11.7 Å². The Kier molecular flexibility index (Phi) is 10.6. The van der Waals surface area contributed by atoms with E-state index in [0.29, 0.717) is 42.9 Å². The monoisotopic (exact) mass is 535 g/mol. The van der Waals surface area contributed by atoms with Crippen LogP contribution in [0.2, 0.25) is 5.02 Å². The fraction of sp³-hybridized carbons (Fsp3) is 0.515. The fourth-order valence-electron chi connectivity index (χ4n) is 5.58. The molecule has 0 saturated heterocycles. The zero-order valence-corrected chi connectivity index (χ0v) is 23.9. The summed E-state index contributed by atoms with van der Waals surface area (Å²) in [6.07, 6.45) is 8.15. The lowest BCUT2D eigenvalue weighted by atomic mass is 9.80. The highest BCUT2D eigenvalue weighted by Gasteiger charge is 2.31. The number of benzene rings is 2. The van der Waals surface area contributed by atoms with E-state index in [4.69, 9.17) is 20.9 Å². The molecular formula is C33H42ClNO3. The van der Waals surface area contributed by atoms with E-state index in [2.05, 4.69) is 31.1 Å². The van der Waals surface area contributed by atoms with E-state index >= 15 is 0 Å². The number of Topliss-reactive ketones (excluding diaryl/α,β-unsaturated/α-hetero) is 1. The second-order valence-electron chi connectivity index (χ2n) is 11.4. The lowest BCUT2D eigenvalue weighted by Gasteiger charge is -2.22. The van der Waals surface area contributed by atoms with Crippen LogP contribution in [0.3, 0.4) is 0 Å². The van der Waals surface area contributed by atoms with Gasteiger partial charge in [0.1, 0.15) is 11.5 Å². The standard InChI is InChI=1S/C33H42ClNO3/c1-23(2)14-16-26-11-7-13-30-32(35-38-33(26)30)28(12-8-18-37-22-25-9-5-4-6-10-25)21-29(36)20-27-17-15-24(3)19-31(27)34/h4-6,9-10,15,17,19,23,26,28H,7-8,11-14,16,18,20-22H2,1-3H3/t26?,28-/m0/s1. The zero-order chi connectivity index (χ0) is 26.9. The van der Waals surface area contributed by atoms with Gasteiger partial charge in [0.05, 0.1) is 12.3 Å². The molecule has 1 aliphatic carbocycles. The van der Waals surface area contributed by atoms with Crippen molar-refractivity contribution in [3.63, 3.8) is 0 Å². The number of carbonyl (C=O) groups is 1. The van der Waals surface area contributed by atoms with E-state index in [0.717, 1.165) is 61.1 Å². The number of aryl methyl sites for hydroxylation is 1. The molecule has 4 nitrogen and oxygen atoms in total. The van der Waals surface area contributed by atoms with E-state index in [1.807, 2.05) is 43.3 Å². The van der Waals surface area contributed by atoms with Gasteiger partial charge in [0.15, 0.2) is 0 Å². The lowest BCUT2D eigenvalue weighted by molar-refractivity contribution is -0.118. The van der Waals surface area contributed by atoms with E-state index < -0.39 is 0 Å². The summed E-state index contributed by atoms with van der Waals surface area (Å²) in [4.78, 5) is 13.3. The van der Waals surface area contributed by atoms with E-state index in [1.165, 1.54) is 17.5 Å². The molecule has 0 N–H and O–H groups in total. The van der Waals surface area contributed by atoms with Crippen LogP contribution in [-0.4, -0.2) is 17.5 Å². The number of hydrogen-bond donors (Lipinski definition) is 0. The fourth-order valence-corrected chi connectivity index (χ4v) is 5.88. The van der Waals surface area contributed by atoms with Gasteiger partial charge in [-0.1, -0.05) is 79.5 Å². The second kappa shape index (κ2) is 14.1. The van der Waals surface area contributed by atoms with Crippen LogP contribution in [0.1, 0.15) is 104 Å². The van der Waals surface area contributed by atoms with Crippen LogP contribution in [0.25, 0.3) is 0 Å². The molecule has 0 bridgehead atoms. The topological polar surface area (TPSA) is 52.3 Å². The SMILES string of the molecule is Cc1ccc(CC(=O)C[C@H](CCCOCc2ccccc2)c2noc3c2CCCC3CCC(C)C)c(Cl)c1. The Balaban J connectivity index is 1.44. The minimum Gasteiger partial charge on any atom is -0.377 e. The van der Waals surface area contributed by atoms with Crippen LogP contribution in [0.15, 0.2) is 53.1 Å². The maximum atomic E-state index is 13.3. The van der Waals surface area contributed by atoms with Crippen molar-refractivity contribution < 1.29 is 14.1 Å². The van der Waals surface area contributed by atoms with Crippen molar-refractivity contribution in [1.82, 2.24) is 5.16 Å². The first-order valence-electron chi connectivity index (χ1n) is 14.3. The van der Waals surface area contributed by atoms with Crippen LogP contribution in [0.4, 0.5) is 0 Å². The highest BCUT2D eigenvalue weighted by molar-refractivity contribution is 6.31. The summed E-state index contributed by atoms with van der Waals surface area (Å²) in [5.41, 5.74) is 5.43. The van der Waals surface area contributed by atoms with Gasteiger partial charge in [-0.05, 0) is 74.1 Å². The zero-order valence-electron chi connectivity index (χ0n) is 23.2. The Bertz CT molecular complexity index is 1170. The number of hydrogen-bond acceptors (Lipinski definition) is 4. The predicted molar refractivity (Wildman–Crippen MR) is 154 cm³/mol. The summed E-state index contributed by atoms with van der Waals surface area (Å²) >= 11 is 6.45. The van der Waals surface area contributed by atoms with Crippen molar-refractivity contribution in [3.8, 4) is 0 Å². The molecule has 2 atom stereocenters. The van der Waals surface area contributed by atoms with Crippen LogP contribution in [0, 0.1) is 12.8 Å². The first-order valence-corrected chi connectivity index (χ1v) is 14.6. The number of fused-ring (bicyclic) bond motifs is 1. The number of ketones is 1. The average Bonchev–Trinajstić information content (AvgIpc) is 3.33. The van der Waals surface area contributed by atoms with Gasteiger partial charge in [0, 0.05) is 41.9 Å². The third-order valence-corrected chi connectivity index (χ3v) is 8.05. The first kappa shape index (κ1) is 28.6. The smallest absolute Gasteiger partial charge is 0.143 e. The Morgan fingerprint density at radius 3 is 2.74 bits per heavy atom. The molecule has 0 fully saturated rings. The molecule has 4 rings (SSSR count). The molecule has 38 heavy (non-hydrogen) atoms. The van der Waals surface area contributed by atoms with Gasteiger partial charge in [-0.3, -0.25) is 4.79 Å². The van der Waals surface area contributed by atoms with Crippen molar-refractivity contribution in [2.24, 2.45) is 5.92 Å². The van der Waals surface area contributed by atoms with Crippen molar-refractivity contribution in [1.29, 1.82) is 0 Å². The molecule has 0 spiro atoms. The number of carbonyl (C=O) groups excluding carboxylic acids is 1. The molecule has 3 aromatic rings. The quantitative estimate of drug-likeness (QED) is 0.193. The van der Waals surface area contributed by atoms with E-state index in [9.17, 15) is 4.79 Å². The number of rotatable bonds is 14. The van der Waals surface area contributed by atoms with Gasteiger partial charge >= 0.3 is 0 Å². The van der Waals surface area contributed by atoms with Crippen molar-refractivity contribution in [2.75, 3.05) is 6.61 Å². The highest BCUT2D eigenvalue weighted by atomic mass is 35.5. The average molecular weight is 536 g/mol. The maximum absolute atomic E-state index is 13.3. The van der Waals surface area contributed by atoms with Gasteiger partial charge in [-0.15, -0.1) is 0 Å². The summed E-state index contributed by atoms with van der Waals surface area (Å²) < 4.78 is 12.0. The summed E-state index contributed by atoms with van der Waals surface area (Å²) in [7, 11) is 0. The Morgan fingerprint density at radius 1 is 1.16 bits per heavy atom. The number of halogens is 1. The molecule has 1 heterocycles. The lowest BCUT2D eigenvalue weighted by Crippen LogP contribution is -2.15. The molecule has 2 aromatic carbocycles. The minimum atomic E-state index is 0.0309. The van der Waals surface area contributed by atoms with Crippen molar-refractivity contribution in [3.05, 3.63) is 87.3 Å². The van der Waals surface area contributed by atoms with Gasteiger partial charge in [-0.25, -0.2) is 0 Å². The third kappa shape index (κ3) is 8.04. The first-order chi connectivity index (χ1) is 18.4. The highest BCUT2D eigenvalue weighted by Crippen LogP contribution is 2.40. The van der Waals surface area contributed by atoms with E-state index in [1.54, 1.807) is 0 Å². The summed E-state index contributed by atoms with van der Waals surface area (Å²) in [5.74, 6) is 2.42. The Morgan fingerprint density at radius 2 is 1.97 bits per heavy atom. The van der Waals surface area contributed by atoms with Gasteiger partial charge < -0.3 is 9.26 Å². The maximum Gasteiger partial charge on any atom is 0.143 e. The third-order valence-electron chi connectivity index (χ3n) is 7.70. The van der Waals surface area contributed by atoms with Crippen LogP contribution >= 0.6 is 11.6 Å². The Hall–Kier alpha value is -2.43. The van der Waals surface area contributed by atoms with Gasteiger partial charge in [0.25, 0.3) is 0 Å². The van der Waals surface area contributed by atoms with Crippen LogP contribution in [-0.2, 0) is 29.0 Å². The van der Waals surface area contributed by atoms with Crippen LogP contribution in [0.5, 0.6) is 0 Å². The number of ether oxygens (including phenoxy) is 1. The van der Waals surface area contributed by atoms with Crippen LogP contribution < -0.4 is 0 Å². The summed E-state index contributed by atoms with van der Waals surface area (Å²) in [5, 5.41) is 5.28. The largest absolute Gasteiger partial charge is 0.377 e. The molecule has 0 amide bonds. The molecule has 0 saturated carbocycles. The second-order valence-corrected chi connectivity index (χ2v) is 11.8. The number of aromatic nitrogens is 1. The molecule has 1 aliphatic rings. The molecule has 0 aliphatic heterocycles. The molecule has 204 valence electrons. The van der Waals surface area contributed by atoms with Gasteiger partial charge in [-0.2, -0.15) is 0 Å². The number of nitrogens with zero attached hydrogens (tertiary/aromatic N) is 1. The predicted octanol–water partition coefficient (Wildman–Crippen LogP) is 8.78. The summed E-state index contributed by atoms with van der Waals surface area (Å²) in [6, 6.07) is 16.1.